The zero-order valence-corrected chi connectivity index (χ0v) is 12.7. The second-order valence-electron chi connectivity index (χ2n) is 4.70. The van der Waals surface area contributed by atoms with E-state index in [1.807, 2.05) is 0 Å². The van der Waals surface area contributed by atoms with E-state index in [9.17, 15) is 18.0 Å². The first kappa shape index (κ1) is 16.2. The number of pyridine rings is 1. The fourth-order valence-electron chi connectivity index (χ4n) is 2.09. The van der Waals surface area contributed by atoms with Gasteiger partial charge in [-0.05, 0) is 18.2 Å². The first-order chi connectivity index (χ1) is 11.2. The Kier molecular flexibility index (Phi) is 3.67. The van der Waals surface area contributed by atoms with E-state index in [-0.39, 0.29) is 27.7 Å². The van der Waals surface area contributed by atoms with Crippen molar-refractivity contribution in [1.82, 2.24) is 4.98 Å². The average molecular weight is 361 g/mol. The number of carbonyl (C=O) groups excluding carboxylic acids is 1. The normalized spacial score (nSPS) is 14.5. The molecule has 3 rings (SSSR count). The lowest BCUT2D eigenvalue weighted by atomic mass is 10.1. The summed E-state index contributed by atoms with van der Waals surface area (Å²) in [7, 11) is 1.12. The van der Waals surface area contributed by atoms with Gasteiger partial charge >= 0.3 is 12.3 Å². The molecule has 0 atom stereocenters. The Bertz CT molecular complexity index is 860. The number of rotatable bonds is 2. The van der Waals surface area contributed by atoms with Crippen LogP contribution in [0.4, 0.5) is 18.9 Å². The number of methoxy groups -OCH3 is 1. The Morgan fingerprint density at radius 2 is 2.04 bits per heavy atom. The first-order valence-corrected chi connectivity index (χ1v) is 6.73. The Morgan fingerprint density at radius 1 is 1.33 bits per heavy atom. The number of alkyl halides is 2. The number of ether oxygens (including phenoxy) is 3. The monoisotopic (exact) mass is 360 g/mol. The summed E-state index contributed by atoms with van der Waals surface area (Å²) >= 11 is 5.88. The number of hydrogen-bond donors (Lipinski definition) is 1. The highest BCUT2D eigenvalue weighted by molar-refractivity contribution is 6.35. The number of anilines is 1. The third-order valence-electron chi connectivity index (χ3n) is 3.12. The minimum atomic E-state index is -3.97. The van der Waals surface area contributed by atoms with E-state index in [0.717, 1.165) is 19.2 Å². The number of benzene rings is 1. The van der Waals surface area contributed by atoms with Crippen molar-refractivity contribution < 1.29 is 32.2 Å². The van der Waals surface area contributed by atoms with E-state index in [0.29, 0.717) is 0 Å². The van der Waals surface area contributed by atoms with Crippen LogP contribution >= 0.6 is 11.6 Å². The number of hydrogen-bond acceptors (Lipinski definition) is 6. The largest absolute Gasteiger partial charge is 0.586 e. The van der Waals surface area contributed by atoms with Gasteiger partial charge < -0.3 is 19.9 Å². The molecule has 0 spiro atoms. The van der Waals surface area contributed by atoms with Crippen LogP contribution in [0.3, 0.4) is 0 Å². The summed E-state index contributed by atoms with van der Waals surface area (Å²) in [6, 6.07) is 3.22. The van der Waals surface area contributed by atoms with Gasteiger partial charge in [0.25, 0.3) is 0 Å². The summed E-state index contributed by atoms with van der Waals surface area (Å²) in [6.07, 6.45) is -3.97. The van der Waals surface area contributed by atoms with E-state index in [2.05, 4.69) is 19.2 Å². The number of fused-ring (bicyclic) bond motifs is 1. The third kappa shape index (κ3) is 2.67. The quantitative estimate of drug-likeness (QED) is 0.828. The van der Waals surface area contributed by atoms with Crippen LogP contribution in [-0.2, 0) is 4.74 Å². The van der Waals surface area contributed by atoms with Crippen LogP contribution in [0.25, 0.3) is 11.3 Å². The molecule has 126 valence electrons. The summed E-state index contributed by atoms with van der Waals surface area (Å²) in [6.45, 7) is 0. The summed E-state index contributed by atoms with van der Waals surface area (Å²) in [5.41, 5.74) is 5.42. The van der Waals surface area contributed by atoms with Crippen molar-refractivity contribution in [3.8, 4) is 22.8 Å². The summed E-state index contributed by atoms with van der Waals surface area (Å²) < 4.78 is 52.9. The van der Waals surface area contributed by atoms with Crippen molar-refractivity contribution in [2.75, 3.05) is 12.8 Å². The zero-order valence-electron chi connectivity index (χ0n) is 11.9. The van der Waals surface area contributed by atoms with Gasteiger partial charge in [-0.3, -0.25) is 0 Å². The lowest BCUT2D eigenvalue weighted by Crippen LogP contribution is -2.26. The molecule has 0 fully saturated rings. The molecule has 1 aromatic carbocycles. The number of halogens is 4. The molecule has 0 radical (unpaired) electrons. The van der Waals surface area contributed by atoms with Crippen LogP contribution in [0.1, 0.15) is 10.5 Å². The molecule has 0 saturated carbocycles. The van der Waals surface area contributed by atoms with E-state index in [4.69, 9.17) is 17.3 Å². The molecule has 10 heteroatoms. The SMILES string of the molecule is COC(=O)c1nc(-c2cc(F)c3c(c2)OC(F)(F)O3)cc(N)c1Cl. The minimum absolute atomic E-state index is 0.0119. The number of carbonyl (C=O) groups is 1. The molecular formula is C14H8ClF3N2O4. The standard InChI is InChI=1S/C14H8ClF3N2O4/c1-22-13(21)11-10(15)7(19)4-8(20-11)5-2-6(16)12-9(3-5)23-14(17,18)24-12/h2-4H,1H3,(H2,19,20). The fourth-order valence-corrected chi connectivity index (χ4v) is 2.26. The van der Waals surface area contributed by atoms with Gasteiger partial charge in [-0.1, -0.05) is 11.6 Å². The molecular weight excluding hydrogens is 353 g/mol. The molecule has 1 aliphatic heterocycles. The molecule has 0 amide bonds. The highest BCUT2D eigenvalue weighted by Crippen LogP contribution is 2.45. The van der Waals surface area contributed by atoms with E-state index in [1.54, 1.807) is 0 Å². The zero-order chi connectivity index (χ0) is 17.6. The Hall–Kier alpha value is -2.68. The maximum absolute atomic E-state index is 14.0. The lowest BCUT2D eigenvalue weighted by Gasteiger charge is -2.09. The Balaban J connectivity index is 2.13. The van der Waals surface area contributed by atoms with Gasteiger partial charge in [-0.2, -0.15) is 0 Å². The number of esters is 1. The Labute approximate surface area is 137 Å². The molecule has 0 aliphatic carbocycles. The summed E-state index contributed by atoms with van der Waals surface area (Å²) in [5, 5.41) is -0.140. The van der Waals surface area contributed by atoms with Crippen molar-refractivity contribution in [1.29, 1.82) is 0 Å². The third-order valence-corrected chi connectivity index (χ3v) is 3.52. The highest BCUT2D eigenvalue weighted by atomic mass is 35.5. The van der Waals surface area contributed by atoms with Crippen molar-refractivity contribution >= 4 is 23.3 Å². The molecule has 24 heavy (non-hydrogen) atoms. The van der Waals surface area contributed by atoms with Crippen LogP contribution in [0, 0.1) is 5.82 Å². The van der Waals surface area contributed by atoms with Gasteiger partial charge in [-0.25, -0.2) is 14.2 Å². The molecule has 0 bridgehead atoms. The van der Waals surface area contributed by atoms with Crippen molar-refractivity contribution in [2.24, 2.45) is 0 Å². The average Bonchev–Trinajstić information content (AvgIpc) is 2.83. The van der Waals surface area contributed by atoms with Crippen molar-refractivity contribution in [3.63, 3.8) is 0 Å². The molecule has 2 aromatic rings. The van der Waals surface area contributed by atoms with Crippen LogP contribution in [0.5, 0.6) is 11.5 Å². The van der Waals surface area contributed by atoms with Gasteiger partial charge in [0.05, 0.1) is 23.5 Å². The topological polar surface area (TPSA) is 83.7 Å². The van der Waals surface area contributed by atoms with Gasteiger partial charge in [-0.15, -0.1) is 8.78 Å². The minimum Gasteiger partial charge on any atom is -0.464 e. The smallest absolute Gasteiger partial charge is 0.464 e. The van der Waals surface area contributed by atoms with Gasteiger partial charge in [0, 0.05) is 5.56 Å². The maximum atomic E-state index is 14.0. The molecule has 2 heterocycles. The van der Waals surface area contributed by atoms with Gasteiger partial charge in [0.15, 0.2) is 17.3 Å². The second-order valence-corrected chi connectivity index (χ2v) is 5.08. The summed E-state index contributed by atoms with van der Waals surface area (Å²) in [5.74, 6) is -3.18. The summed E-state index contributed by atoms with van der Waals surface area (Å²) in [4.78, 5) is 15.6. The lowest BCUT2D eigenvalue weighted by molar-refractivity contribution is -0.287. The molecule has 0 saturated heterocycles. The predicted octanol–water partition coefficient (Wildman–Crippen LogP) is 3.23. The van der Waals surface area contributed by atoms with Crippen molar-refractivity contribution in [2.45, 2.75) is 6.29 Å². The highest BCUT2D eigenvalue weighted by Gasteiger charge is 2.45. The van der Waals surface area contributed by atoms with Gasteiger partial charge in [0.2, 0.25) is 5.75 Å². The molecule has 0 unspecified atom stereocenters. The first-order valence-electron chi connectivity index (χ1n) is 6.36. The number of nitrogens with zero attached hydrogens (tertiary/aromatic N) is 1. The van der Waals surface area contributed by atoms with E-state index >= 15 is 0 Å². The number of nitrogens with two attached hydrogens (primary N) is 1. The van der Waals surface area contributed by atoms with Gasteiger partial charge in [0.1, 0.15) is 0 Å². The fraction of sp³-hybridized carbons (Fsp3) is 0.143. The van der Waals surface area contributed by atoms with Crippen molar-refractivity contribution in [3.05, 3.63) is 34.7 Å². The van der Waals surface area contributed by atoms with Crippen LogP contribution < -0.4 is 15.2 Å². The second kappa shape index (κ2) is 5.45. The van der Waals surface area contributed by atoms with Crippen LogP contribution in [-0.4, -0.2) is 24.4 Å². The van der Waals surface area contributed by atoms with Crippen LogP contribution in [0.15, 0.2) is 18.2 Å². The number of aromatic nitrogens is 1. The van der Waals surface area contributed by atoms with Crippen LogP contribution in [0.2, 0.25) is 5.02 Å². The predicted molar refractivity (Wildman–Crippen MR) is 76.6 cm³/mol. The molecule has 2 N–H and O–H groups in total. The maximum Gasteiger partial charge on any atom is 0.586 e. The van der Waals surface area contributed by atoms with E-state index in [1.165, 1.54) is 6.07 Å². The molecule has 1 aliphatic rings. The number of nitrogen functional groups attached to an aromatic ring is 1. The van der Waals surface area contributed by atoms with E-state index < -0.39 is 29.6 Å². The molecule has 1 aromatic heterocycles. The Morgan fingerprint density at radius 3 is 2.71 bits per heavy atom. The molecule has 6 nitrogen and oxygen atoms in total.